The molecule has 17 heavy (non-hydrogen) atoms. The summed E-state index contributed by atoms with van der Waals surface area (Å²) in [5.41, 5.74) is 1.81. The van der Waals surface area contributed by atoms with Crippen LogP contribution in [0.25, 0.3) is 0 Å². The normalized spacial score (nSPS) is 9.24. The first-order valence-corrected chi connectivity index (χ1v) is 5.09. The van der Waals surface area contributed by atoms with Crippen LogP contribution >= 0.6 is 0 Å². The van der Waals surface area contributed by atoms with Gasteiger partial charge in [0.1, 0.15) is 5.76 Å². The zero-order valence-electron chi connectivity index (χ0n) is 10.9. The van der Waals surface area contributed by atoms with Crippen LogP contribution in [0.3, 0.4) is 0 Å². The molecule has 0 saturated carbocycles. The van der Waals surface area contributed by atoms with Crippen molar-refractivity contribution in [3.8, 4) is 0 Å². The summed E-state index contributed by atoms with van der Waals surface area (Å²) in [6.45, 7) is 17.1. The number of hydrogen-bond donors (Lipinski definition) is 1. The number of rotatable bonds is 4. The summed E-state index contributed by atoms with van der Waals surface area (Å²) in [4.78, 5) is 11.1. The maximum absolute atomic E-state index is 11.1. The third kappa shape index (κ3) is 6.95. The predicted molar refractivity (Wildman–Crippen MR) is 73.6 cm³/mol. The third-order valence-corrected chi connectivity index (χ3v) is 1.68. The summed E-state index contributed by atoms with van der Waals surface area (Å²) < 4.78 is 5.07. The van der Waals surface area contributed by atoms with Gasteiger partial charge in [-0.15, -0.1) is 13.2 Å². The fraction of sp³-hybridized carbons (Fsp3) is 0.214. The molecule has 0 fully saturated rings. The van der Waals surface area contributed by atoms with E-state index in [1.54, 1.807) is 18.2 Å². The Morgan fingerprint density at radius 3 is 2.06 bits per heavy atom. The van der Waals surface area contributed by atoms with Crippen molar-refractivity contribution in [2.45, 2.75) is 13.8 Å². The highest BCUT2D eigenvalue weighted by atomic mass is 16.6. The monoisotopic (exact) mass is 235 g/mol. The number of amides is 1. The Hall–Kier alpha value is -2.03. The van der Waals surface area contributed by atoms with E-state index < -0.39 is 6.09 Å². The topological polar surface area (TPSA) is 38.3 Å². The first-order valence-electron chi connectivity index (χ1n) is 5.09. The molecule has 0 aromatic heterocycles. The molecule has 0 aromatic rings. The molecule has 0 atom stereocenters. The van der Waals surface area contributed by atoms with Gasteiger partial charge in [-0.3, -0.25) is 0 Å². The Morgan fingerprint density at radius 1 is 1.24 bits per heavy atom. The summed E-state index contributed by atoms with van der Waals surface area (Å²) in [5.74, 6) is 0.444. The summed E-state index contributed by atoms with van der Waals surface area (Å²) in [5, 5.41) is 2.38. The highest BCUT2D eigenvalue weighted by Gasteiger charge is 2.08. The van der Waals surface area contributed by atoms with Crippen LogP contribution in [0, 0.1) is 0 Å². The van der Waals surface area contributed by atoms with Crippen molar-refractivity contribution >= 4 is 6.09 Å². The van der Waals surface area contributed by atoms with Crippen molar-refractivity contribution in [2.75, 3.05) is 7.05 Å². The van der Waals surface area contributed by atoms with E-state index in [9.17, 15) is 4.79 Å². The SMILES string of the molecule is C=C.C=C/C=C(/OC(=O)NC)C(C=C)=C(C)C. The second-order valence-electron chi connectivity index (χ2n) is 3.02. The molecule has 0 rings (SSSR count). The van der Waals surface area contributed by atoms with Gasteiger partial charge in [0.05, 0.1) is 0 Å². The third-order valence-electron chi connectivity index (χ3n) is 1.68. The van der Waals surface area contributed by atoms with Crippen molar-refractivity contribution in [1.82, 2.24) is 5.32 Å². The van der Waals surface area contributed by atoms with E-state index in [0.717, 1.165) is 11.1 Å². The second kappa shape index (κ2) is 10.5. The molecule has 0 spiro atoms. The van der Waals surface area contributed by atoms with Gasteiger partial charge in [0.2, 0.25) is 0 Å². The van der Waals surface area contributed by atoms with E-state index in [1.807, 2.05) is 13.8 Å². The van der Waals surface area contributed by atoms with Gasteiger partial charge >= 0.3 is 6.09 Å². The molecule has 0 aliphatic rings. The maximum Gasteiger partial charge on any atom is 0.412 e. The lowest BCUT2D eigenvalue weighted by molar-refractivity contribution is 0.180. The number of alkyl carbamates (subject to hydrolysis) is 1. The molecule has 0 unspecified atom stereocenters. The van der Waals surface area contributed by atoms with Crippen molar-refractivity contribution in [1.29, 1.82) is 0 Å². The lowest BCUT2D eigenvalue weighted by Crippen LogP contribution is -2.19. The summed E-state index contributed by atoms with van der Waals surface area (Å²) >= 11 is 0. The average Bonchev–Trinajstić information content (AvgIpc) is 2.32. The molecule has 94 valence electrons. The van der Waals surface area contributed by atoms with Gasteiger partial charge < -0.3 is 10.1 Å². The standard InChI is InChI=1S/C12H17NO2.C2H4/c1-6-8-11(15-12(14)13-5)10(7-2)9(3)4;1-2/h6-8H,1-2H2,3-5H3,(H,13,14);1-2H2/b11-8+;. The van der Waals surface area contributed by atoms with Crippen molar-refractivity contribution < 1.29 is 9.53 Å². The van der Waals surface area contributed by atoms with Gasteiger partial charge in [-0.25, -0.2) is 4.79 Å². The Morgan fingerprint density at radius 2 is 1.76 bits per heavy atom. The van der Waals surface area contributed by atoms with Gasteiger partial charge in [0.15, 0.2) is 0 Å². The Labute approximate surface area is 104 Å². The summed E-state index contributed by atoms with van der Waals surface area (Å²) in [6, 6.07) is 0. The molecule has 1 amide bonds. The van der Waals surface area contributed by atoms with Crippen LogP contribution in [-0.4, -0.2) is 13.1 Å². The van der Waals surface area contributed by atoms with Gasteiger partial charge in [-0.2, -0.15) is 0 Å². The molecule has 0 radical (unpaired) electrons. The first kappa shape index (κ1) is 17.4. The lowest BCUT2D eigenvalue weighted by atomic mass is 10.1. The first-order chi connectivity index (χ1) is 8.06. The van der Waals surface area contributed by atoms with Crippen molar-refractivity contribution in [3.05, 3.63) is 61.4 Å². The van der Waals surface area contributed by atoms with E-state index >= 15 is 0 Å². The van der Waals surface area contributed by atoms with Crippen LogP contribution in [0.2, 0.25) is 0 Å². The van der Waals surface area contributed by atoms with Gasteiger partial charge in [0.25, 0.3) is 0 Å². The zero-order valence-corrected chi connectivity index (χ0v) is 10.9. The minimum absolute atomic E-state index is 0.444. The highest BCUT2D eigenvalue weighted by molar-refractivity contribution is 5.69. The second-order valence-corrected chi connectivity index (χ2v) is 3.02. The number of allylic oxidation sites excluding steroid dienone is 4. The van der Waals surface area contributed by atoms with Gasteiger partial charge in [-0.05, 0) is 19.9 Å². The van der Waals surface area contributed by atoms with Crippen molar-refractivity contribution in [3.63, 3.8) is 0 Å². The Bertz CT molecular complexity index is 334. The molecule has 0 aliphatic carbocycles. The lowest BCUT2D eigenvalue weighted by Gasteiger charge is -2.10. The minimum atomic E-state index is -0.510. The largest absolute Gasteiger partial charge is 0.412 e. The predicted octanol–water partition coefficient (Wildman–Crippen LogP) is 3.74. The number of ether oxygens (including phenoxy) is 1. The van der Waals surface area contributed by atoms with Crippen LogP contribution in [0.15, 0.2) is 61.4 Å². The molecular formula is C14H21NO2. The number of carbonyl (C=O) groups excluding carboxylic acids is 1. The van der Waals surface area contributed by atoms with Crippen LogP contribution in [-0.2, 0) is 4.74 Å². The van der Waals surface area contributed by atoms with E-state index in [2.05, 4.69) is 31.6 Å². The number of carbonyl (C=O) groups is 1. The molecule has 0 saturated heterocycles. The Kier molecular flexibility index (Phi) is 10.7. The van der Waals surface area contributed by atoms with E-state index in [4.69, 9.17) is 4.74 Å². The van der Waals surface area contributed by atoms with E-state index in [0.29, 0.717) is 5.76 Å². The molecule has 0 aliphatic heterocycles. The summed E-state index contributed by atoms with van der Waals surface area (Å²) in [7, 11) is 1.50. The number of nitrogens with one attached hydrogen (secondary N) is 1. The smallest absolute Gasteiger partial charge is 0.410 e. The summed E-state index contributed by atoms with van der Waals surface area (Å²) in [6.07, 6.45) is 4.32. The quantitative estimate of drug-likeness (QED) is 0.458. The fourth-order valence-corrected chi connectivity index (χ4v) is 0.988. The van der Waals surface area contributed by atoms with Gasteiger partial charge in [-0.1, -0.05) is 30.9 Å². The van der Waals surface area contributed by atoms with Crippen LogP contribution in [0.1, 0.15) is 13.8 Å². The van der Waals surface area contributed by atoms with Crippen LogP contribution in [0.5, 0.6) is 0 Å². The number of hydrogen-bond acceptors (Lipinski definition) is 2. The zero-order chi connectivity index (χ0) is 13.8. The molecular weight excluding hydrogens is 214 g/mol. The molecule has 0 heterocycles. The van der Waals surface area contributed by atoms with Gasteiger partial charge in [0, 0.05) is 12.6 Å². The van der Waals surface area contributed by atoms with E-state index in [-0.39, 0.29) is 0 Å². The van der Waals surface area contributed by atoms with Crippen molar-refractivity contribution in [2.24, 2.45) is 0 Å². The van der Waals surface area contributed by atoms with Crippen LogP contribution < -0.4 is 5.32 Å². The van der Waals surface area contributed by atoms with Crippen LogP contribution in [0.4, 0.5) is 4.79 Å². The minimum Gasteiger partial charge on any atom is -0.410 e. The van der Waals surface area contributed by atoms with E-state index in [1.165, 1.54) is 7.05 Å². The molecule has 0 aromatic carbocycles. The molecule has 3 heteroatoms. The molecule has 0 bridgehead atoms. The average molecular weight is 235 g/mol. The fourth-order valence-electron chi connectivity index (χ4n) is 0.988. The molecule has 3 nitrogen and oxygen atoms in total. The Balaban J connectivity index is 0. The molecule has 1 N–H and O–H groups in total. The maximum atomic E-state index is 11.1. The highest BCUT2D eigenvalue weighted by Crippen LogP contribution is 2.17.